The van der Waals surface area contributed by atoms with Gasteiger partial charge in [-0.3, -0.25) is 0 Å². The van der Waals surface area contributed by atoms with Crippen molar-refractivity contribution in [1.82, 2.24) is 0 Å². The van der Waals surface area contributed by atoms with E-state index in [0.717, 1.165) is 5.92 Å². The van der Waals surface area contributed by atoms with Crippen LogP contribution in [0.4, 0.5) is 5.69 Å². The molecule has 1 aliphatic carbocycles. The monoisotopic (exact) mass is 175 g/mol. The van der Waals surface area contributed by atoms with Crippen LogP contribution in [0, 0.1) is 0 Å². The van der Waals surface area contributed by atoms with Crippen molar-refractivity contribution in [3.63, 3.8) is 0 Å². The van der Waals surface area contributed by atoms with Gasteiger partial charge in [0.1, 0.15) is 0 Å². The smallest absolute Gasteiger partial charge is 0.0364 e. The molecule has 0 saturated heterocycles. The normalized spacial score (nSPS) is 20.1. The van der Waals surface area contributed by atoms with Crippen molar-refractivity contribution >= 4 is 5.69 Å². The van der Waals surface area contributed by atoms with E-state index >= 15 is 0 Å². The third kappa shape index (κ3) is 1.43. The van der Waals surface area contributed by atoms with Gasteiger partial charge in [0.15, 0.2) is 0 Å². The second-order valence-corrected chi connectivity index (χ2v) is 4.22. The molecule has 0 N–H and O–H groups in total. The summed E-state index contributed by atoms with van der Waals surface area (Å²) in [4.78, 5) is 2.17. The number of fused-ring (bicyclic) bond motifs is 1. The fourth-order valence-corrected chi connectivity index (χ4v) is 2.07. The van der Waals surface area contributed by atoms with Gasteiger partial charge in [-0.15, -0.1) is 0 Å². The van der Waals surface area contributed by atoms with E-state index in [1.54, 1.807) is 11.1 Å². The average molecular weight is 175 g/mol. The predicted molar refractivity (Wildman–Crippen MR) is 57.5 cm³/mol. The molecule has 0 heterocycles. The van der Waals surface area contributed by atoms with Crippen molar-refractivity contribution in [1.29, 1.82) is 0 Å². The molecule has 1 aromatic carbocycles. The molecule has 13 heavy (non-hydrogen) atoms. The Kier molecular flexibility index (Phi) is 2.03. The highest BCUT2D eigenvalue weighted by Crippen LogP contribution is 2.34. The lowest BCUT2D eigenvalue weighted by Gasteiger charge is -2.14. The maximum absolute atomic E-state index is 2.34. The van der Waals surface area contributed by atoms with Crippen LogP contribution in [-0.4, -0.2) is 14.1 Å². The summed E-state index contributed by atoms with van der Waals surface area (Å²) in [7, 11) is 4.20. The minimum atomic E-state index is 0.759. The summed E-state index contributed by atoms with van der Waals surface area (Å²) < 4.78 is 0. The van der Waals surface area contributed by atoms with Crippen LogP contribution in [0.3, 0.4) is 0 Å². The van der Waals surface area contributed by atoms with E-state index in [1.165, 1.54) is 18.5 Å². The summed E-state index contributed by atoms with van der Waals surface area (Å²) in [5, 5.41) is 0. The van der Waals surface area contributed by atoms with E-state index < -0.39 is 0 Å². The first-order valence-corrected chi connectivity index (χ1v) is 4.98. The maximum atomic E-state index is 2.34. The molecule has 1 aromatic rings. The highest BCUT2D eigenvalue weighted by Gasteiger charge is 2.18. The van der Waals surface area contributed by atoms with Crippen molar-refractivity contribution in [2.24, 2.45) is 0 Å². The minimum Gasteiger partial charge on any atom is -0.378 e. The molecule has 1 heteroatoms. The van der Waals surface area contributed by atoms with Crippen LogP contribution in [0.1, 0.15) is 30.4 Å². The van der Waals surface area contributed by atoms with Crippen molar-refractivity contribution in [2.75, 3.05) is 19.0 Å². The van der Waals surface area contributed by atoms with Gasteiger partial charge in [0.25, 0.3) is 0 Å². The molecule has 1 nitrogen and oxygen atoms in total. The number of rotatable bonds is 1. The molecule has 0 spiro atoms. The topological polar surface area (TPSA) is 3.24 Å². The first-order valence-electron chi connectivity index (χ1n) is 4.98. The Morgan fingerprint density at radius 1 is 1.31 bits per heavy atom. The molecule has 0 saturated carbocycles. The van der Waals surface area contributed by atoms with Crippen LogP contribution in [0.5, 0.6) is 0 Å². The van der Waals surface area contributed by atoms with Gasteiger partial charge in [-0.1, -0.05) is 13.0 Å². The quantitative estimate of drug-likeness (QED) is 0.634. The molecule has 0 bridgehead atoms. The van der Waals surface area contributed by atoms with E-state index in [4.69, 9.17) is 0 Å². The number of nitrogens with zero attached hydrogens (tertiary/aromatic N) is 1. The number of aryl methyl sites for hydroxylation is 1. The predicted octanol–water partition coefficient (Wildman–Crippen LogP) is 2.80. The zero-order chi connectivity index (χ0) is 9.42. The van der Waals surface area contributed by atoms with Crippen LogP contribution in [0.2, 0.25) is 0 Å². The summed E-state index contributed by atoms with van der Waals surface area (Å²) in [6, 6.07) is 6.85. The standard InChI is InChI=1S/C12H17N/c1-9-4-5-10-6-7-11(13(2)3)8-12(9)10/h6-9H,4-5H2,1-3H3. The molecular weight excluding hydrogens is 158 g/mol. The number of hydrogen-bond donors (Lipinski definition) is 0. The summed E-state index contributed by atoms with van der Waals surface area (Å²) in [6.07, 6.45) is 2.59. The Balaban J connectivity index is 2.42. The highest BCUT2D eigenvalue weighted by molar-refractivity contribution is 5.52. The molecule has 1 atom stereocenters. The molecule has 1 aliphatic rings. The zero-order valence-corrected chi connectivity index (χ0v) is 8.67. The number of anilines is 1. The molecule has 0 aromatic heterocycles. The van der Waals surface area contributed by atoms with Crippen molar-refractivity contribution in [3.05, 3.63) is 29.3 Å². The maximum Gasteiger partial charge on any atom is 0.0364 e. The number of benzene rings is 1. The van der Waals surface area contributed by atoms with Crippen LogP contribution < -0.4 is 4.90 Å². The third-order valence-corrected chi connectivity index (χ3v) is 3.02. The summed E-state index contributed by atoms with van der Waals surface area (Å²) in [6.45, 7) is 2.32. The Labute approximate surface area is 80.4 Å². The van der Waals surface area contributed by atoms with Gasteiger partial charge in [-0.2, -0.15) is 0 Å². The lowest BCUT2D eigenvalue weighted by Crippen LogP contribution is -2.08. The molecular formula is C12H17N. The van der Waals surface area contributed by atoms with E-state index in [1.807, 2.05) is 0 Å². The van der Waals surface area contributed by atoms with Crippen LogP contribution >= 0.6 is 0 Å². The molecule has 0 fully saturated rings. The second-order valence-electron chi connectivity index (χ2n) is 4.22. The first kappa shape index (κ1) is 8.61. The van der Waals surface area contributed by atoms with Crippen molar-refractivity contribution in [2.45, 2.75) is 25.7 Å². The van der Waals surface area contributed by atoms with Gasteiger partial charge in [0.05, 0.1) is 0 Å². The summed E-state index contributed by atoms with van der Waals surface area (Å²) in [5.74, 6) is 0.759. The van der Waals surface area contributed by atoms with Gasteiger partial charge >= 0.3 is 0 Å². The van der Waals surface area contributed by atoms with E-state index in [2.05, 4.69) is 44.1 Å². The van der Waals surface area contributed by atoms with Gasteiger partial charge in [0.2, 0.25) is 0 Å². The zero-order valence-electron chi connectivity index (χ0n) is 8.67. The Morgan fingerprint density at radius 2 is 2.08 bits per heavy atom. The van der Waals surface area contributed by atoms with Crippen molar-refractivity contribution < 1.29 is 0 Å². The Hall–Kier alpha value is -0.980. The number of hydrogen-bond acceptors (Lipinski definition) is 1. The first-order chi connectivity index (χ1) is 6.18. The fourth-order valence-electron chi connectivity index (χ4n) is 2.07. The van der Waals surface area contributed by atoms with E-state index in [0.29, 0.717) is 0 Å². The Bertz CT molecular complexity index is 315. The lowest BCUT2D eigenvalue weighted by molar-refractivity contribution is 0.747. The van der Waals surface area contributed by atoms with Crippen LogP contribution in [-0.2, 0) is 6.42 Å². The Morgan fingerprint density at radius 3 is 2.77 bits per heavy atom. The van der Waals surface area contributed by atoms with Gasteiger partial charge < -0.3 is 4.90 Å². The van der Waals surface area contributed by atoms with Gasteiger partial charge in [-0.05, 0) is 42.0 Å². The van der Waals surface area contributed by atoms with E-state index in [9.17, 15) is 0 Å². The summed E-state index contributed by atoms with van der Waals surface area (Å²) in [5.41, 5.74) is 4.44. The molecule has 1 unspecified atom stereocenters. The fraction of sp³-hybridized carbons (Fsp3) is 0.500. The van der Waals surface area contributed by atoms with Crippen LogP contribution in [0.15, 0.2) is 18.2 Å². The molecule has 0 amide bonds. The average Bonchev–Trinajstić information content (AvgIpc) is 2.47. The SMILES string of the molecule is CC1CCc2ccc(N(C)C)cc21. The van der Waals surface area contributed by atoms with E-state index in [-0.39, 0.29) is 0 Å². The summed E-state index contributed by atoms with van der Waals surface area (Å²) >= 11 is 0. The largest absolute Gasteiger partial charge is 0.378 e. The van der Waals surface area contributed by atoms with Crippen molar-refractivity contribution in [3.8, 4) is 0 Å². The minimum absolute atomic E-state index is 0.759. The third-order valence-electron chi connectivity index (χ3n) is 3.02. The lowest BCUT2D eigenvalue weighted by atomic mass is 10.0. The molecule has 0 aliphatic heterocycles. The molecule has 70 valence electrons. The molecule has 2 rings (SSSR count). The highest BCUT2D eigenvalue weighted by atomic mass is 15.1. The van der Waals surface area contributed by atoms with Gasteiger partial charge in [0, 0.05) is 19.8 Å². The van der Waals surface area contributed by atoms with Crippen LogP contribution in [0.25, 0.3) is 0 Å². The second kappa shape index (κ2) is 3.06. The van der Waals surface area contributed by atoms with Gasteiger partial charge in [-0.25, -0.2) is 0 Å². The molecule has 0 radical (unpaired) electrons.